The Morgan fingerprint density at radius 3 is 2.74 bits per heavy atom. The molecule has 1 aromatic rings. The second-order valence-electron chi connectivity index (χ2n) is 5.21. The largest absolute Gasteiger partial charge is 0.476 e. The molecule has 1 aliphatic rings. The number of methoxy groups -OCH3 is 1. The molecule has 104 valence electrons. The van der Waals surface area contributed by atoms with Crippen molar-refractivity contribution < 1.29 is 9.66 Å². The van der Waals surface area contributed by atoms with Gasteiger partial charge in [-0.2, -0.15) is 4.98 Å². The third kappa shape index (κ3) is 2.91. The minimum Gasteiger partial charge on any atom is -0.476 e. The van der Waals surface area contributed by atoms with Crippen LogP contribution in [0, 0.1) is 15.5 Å². The summed E-state index contributed by atoms with van der Waals surface area (Å²) in [4.78, 5) is 18.3. The fourth-order valence-electron chi connectivity index (χ4n) is 2.51. The molecule has 1 saturated carbocycles. The lowest BCUT2D eigenvalue weighted by Gasteiger charge is -2.23. The highest BCUT2D eigenvalue weighted by Gasteiger charge is 2.30. The molecular formula is C12H18N4O3. The van der Waals surface area contributed by atoms with Gasteiger partial charge in [-0.05, 0) is 18.3 Å². The Labute approximate surface area is 111 Å². The number of ether oxygens (including phenoxy) is 1. The molecule has 1 heterocycles. The standard InChI is InChI=1S/C12H18N4O3/c1-12(5-3-4-6-12)7-13-10-9(16(17)18)11(19-2)15-8-14-10/h8H,3-7H2,1-2H3,(H,13,14,15). The Morgan fingerprint density at radius 1 is 1.47 bits per heavy atom. The maximum absolute atomic E-state index is 11.1. The smallest absolute Gasteiger partial charge is 0.372 e. The third-order valence-electron chi connectivity index (χ3n) is 3.66. The summed E-state index contributed by atoms with van der Waals surface area (Å²) in [5.41, 5.74) is -0.0157. The summed E-state index contributed by atoms with van der Waals surface area (Å²) in [6.07, 6.45) is 5.97. The molecule has 1 N–H and O–H groups in total. The van der Waals surface area contributed by atoms with E-state index >= 15 is 0 Å². The zero-order chi connectivity index (χ0) is 13.9. The summed E-state index contributed by atoms with van der Waals surface area (Å²) < 4.78 is 4.91. The van der Waals surface area contributed by atoms with Crippen LogP contribution in [0.15, 0.2) is 6.33 Å². The minimum atomic E-state index is -0.516. The van der Waals surface area contributed by atoms with Crippen molar-refractivity contribution in [1.82, 2.24) is 9.97 Å². The van der Waals surface area contributed by atoms with Gasteiger partial charge in [-0.25, -0.2) is 4.98 Å². The molecule has 0 unspecified atom stereocenters. The number of rotatable bonds is 5. The number of nitrogens with one attached hydrogen (secondary N) is 1. The molecule has 0 saturated heterocycles. The Kier molecular flexibility index (Phi) is 3.82. The van der Waals surface area contributed by atoms with Crippen LogP contribution in [0.25, 0.3) is 0 Å². The molecular weight excluding hydrogens is 248 g/mol. The number of hydrogen-bond donors (Lipinski definition) is 1. The monoisotopic (exact) mass is 266 g/mol. The number of aromatic nitrogens is 2. The van der Waals surface area contributed by atoms with Crippen LogP contribution < -0.4 is 10.1 Å². The van der Waals surface area contributed by atoms with E-state index in [1.165, 1.54) is 26.3 Å². The topological polar surface area (TPSA) is 90.2 Å². The van der Waals surface area contributed by atoms with Crippen LogP contribution in [-0.2, 0) is 0 Å². The maximum atomic E-state index is 11.1. The zero-order valence-corrected chi connectivity index (χ0v) is 11.2. The van der Waals surface area contributed by atoms with Crippen LogP contribution >= 0.6 is 0 Å². The average molecular weight is 266 g/mol. The summed E-state index contributed by atoms with van der Waals surface area (Å²) in [6, 6.07) is 0. The molecule has 1 aromatic heterocycles. The molecule has 0 atom stereocenters. The van der Waals surface area contributed by atoms with Gasteiger partial charge in [0.05, 0.1) is 12.0 Å². The van der Waals surface area contributed by atoms with E-state index in [4.69, 9.17) is 4.74 Å². The van der Waals surface area contributed by atoms with Crippen LogP contribution in [-0.4, -0.2) is 28.5 Å². The lowest BCUT2D eigenvalue weighted by atomic mass is 9.89. The van der Waals surface area contributed by atoms with E-state index in [1.54, 1.807) is 0 Å². The van der Waals surface area contributed by atoms with E-state index in [0.29, 0.717) is 6.54 Å². The van der Waals surface area contributed by atoms with Crippen molar-refractivity contribution in [2.45, 2.75) is 32.6 Å². The second kappa shape index (κ2) is 5.38. The number of hydrogen-bond acceptors (Lipinski definition) is 6. The van der Waals surface area contributed by atoms with Gasteiger partial charge in [-0.1, -0.05) is 19.8 Å². The van der Waals surface area contributed by atoms with Crippen molar-refractivity contribution >= 4 is 11.5 Å². The van der Waals surface area contributed by atoms with E-state index in [9.17, 15) is 10.1 Å². The molecule has 0 spiro atoms. The lowest BCUT2D eigenvalue weighted by molar-refractivity contribution is -0.385. The van der Waals surface area contributed by atoms with Crippen molar-refractivity contribution in [3.05, 3.63) is 16.4 Å². The van der Waals surface area contributed by atoms with Gasteiger partial charge in [0, 0.05) is 6.54 Å². The normalized spacial score (nSPS) is 17.2. The van der Waals surface area contributed by atoms with Crippen LogP contribution in [0.3, 0.4) is 0 Å². The first-order chi connectivity index (χ1) is 9.06. The molecule has 0 aliphatic heterocycles. The molecule has 1 aliphatic carbocycles. The Morgan fingerprint density at radius 2 is 2.16 bits per heavy atom. The fourth-order valence-corrected chi connectivity index (χ4v) is 2.51. The highest BCUT2D eigenvalue weighted by molar-refractivity contribution is 5.61. The SMILES string of the molecule is COc1ncnc(NCC2(C)CCCC2)c1[N+](=O)[O-]. The van der Waals surface area contributed by atoms with Gasteiger partial charge < -0.3 is 10.1 Å². The number of nitro groups is 1. The first kappa shape index (κ1) is 13.5. The molecule has 0 radical (unpaired) electrons. The van der Waals surface area contributed by atoms with Crippen molar-refractivity contribution in [2.75, 3.05) is 19.0 Å². The quantitative estimate of drug-likeness (QED) is 0.650. The van der Waals surface area contributed by atoms with E-state index in [2.05, 4.69) is 22.2 Å². The van der Waals surface area contributed by atoms with Crippen LogP contribution in [0.5, 0.6) is 5.88 Å². The van der Waals surface area contributed by atoms with Crippen LogP contribution in [0.4, 0.5) is 11.5 Å². The summed E-state index contributed by atoms with van der Waals surface area (Å²) in [6.45, 7) is 2.87. The molecule has 0 amide bonds. The van der Waals surface area contributed by atoms with E-state index in [1.807, 2.05) is 0 Å². The van der Waals surface area contributed by atoms with Gasteiger partial charge in [0.2, 0.25) is 5.82 Å². The first-order valence-corrected chi connectivity index (χ1v) is 6.33. The molecule has 0 bridgehead atoms. The molecule has 7 heteroatoms. The van der Waals surface area contributed by atoms with E-state index < -0.39 is 4.92 Å². The Bertz CT molecular complexity index is 472. The number of anilines is 1. The van der Waals surface area contributed by atoms with Gasteiger partial charge in [0.25, 0.3) is 5.88 Å². The fraction of sp³-hybridized carbons (Fsp3) is 0.667. The summed E-state index contributed by atoms with van der Waals surface area (Å²) >= 11 is 0. The van der Waals surface area contributed by atoms with Gasteiger partial charge in [-0.15, -0.1) is 0 Å². The first-order valence-electron chi connectivity index (χ1n) is 6.33. The Balaban J connectivity index is 2.17. The van der Waals surface area contributed by atoms with Crippen LogP contribution in [0.1, 0.15) is 32.6 Å². The van der Waals surface area contributed by atoms with Crippen molar-refractivity contribution in [3.8, 4) is 5.88 Å². The van der Waals surface area contributed by atoms with E-state index in [0.717, 1.165) is 12.8 Å². The zero-order valence-electron chi connectivity index (χ0n) is 11.2. The molecule has 0 aromatic carbocycles. The molecule has 19 heavy (non-hydrogen) atoms. The van der Waals surface area contributed by atoms with Crippen molar-refractivity contribution in [2.24, 2.45) is 5.41 Å². The lowest BCUT2D eigenvalue weighted by Crippen LogP contribution is -2.23. The third-order valence-corrected chi connectivity index (χ3v) is 3.66. The van der Waals surface area contributed by atoms with Gasteiger partial charge >= 0.3 is 5.69 Å². The Hall–Kier alpha value is -1.92. The minimum absolute atomic E-state index is 0.0147. The van der Waals surface area contributed by atoms with Gasteiger partial charge in [0.1, 0.15) is 6.33 Å². The highest BCUT2D eigenvalue weighted by atomic mass is 16.6. The van der Waals surface area contributed by atoms with Gasteiger partial charge in [0.15, 0.2) is 0 Å². The average Bonchev–Trinajstić information content (AvgIpc) is 2.83. The van der Waals surface area contributed by atoms with E-state index in [-0.39, 0.29) is 22.8 Å². The number of nitrogens with zero attached hydrogens (tertiary/aromatic N) is 3. The van der Waals surface area contributed by atoms with Crippen molar-refractivity contribution in [1.29, 1.82) is 0 Å². The molecule has 7 nitrogen and oxygen atoms in total. The van der Waals surface area contributed by atoms with Crippen LogP contribution in [0.2, 0.25) is 0 Å². The summed E-state index contributed by atoms with van der Waals surface area (Å²) in [5.74, 6) is 0.212. The summed E-state index contributed by atoms with van der Waals surface area (Å²) in [7, 11) is 1.36. The second-order valence-corrected chi connectivity index (χ2v) is 5.21. The highest BCUT2D eigenvalue weighted by Crippen LogP contribution is 2.38. The predicted molar refractivity (Wildman–Crippen MR) is 70.3 cm³/mol. The summed E-state index contributed by atoms with van der Waals surface area (Å²) in [5, 5.41) is 14.2. The van der Waals surface area contributed by atoms with Crippen molar-refractivity contribution in [3.63, 3.8) is 0 Å². The predicted octanol–water partition coefficient (Wildman–Crippen LogP) is 2.39. The molecule has 1 fully saturated rings. The maximum Gasteiger partial charge on any atom is 0.372 e. The molecule has 2 rings (SSSR count). The van der Waals surface area contributed by atoms with Gasteiger partial charge in [-0.3, -0.25) is 10.1 Å².